The first-order valence-electron chi connectivity index (χ1n) is 7.87. The maximum absolute atomic E-state index is 13.3. The van der Waals surface area contributed by atoms with E-state index in [1.165, 1.54) is 6.33 Å². The summed E-state index contributed by atoms with van der Waals surface area (Å²) in [5.74, 6) is -0.0256. The monoisotopic (exact) mass is 375 g/mol. The molecule has 0 atom stereocenters. The molecule has 2 rings (SSSR count). The summed E-state index contributed by atoms with van der Waals surface area (Å²) in [6.45, 7) is 7.58. The summed E-state index contributed by atoms with van der Waals surface area (Å²) < 4.78 is 43.7. The van der Waals surface area contributed by atoms with E-state index in [4.69, 9.17) is 19.5 Å². The number of nitrogens with two attached hydrogens (primary N) is 1. The summed E-state index contributed by atoms with van der Waals surface area (Å²) in [5.41, 5.74) is 6.20. The van der Waals surface area contributed by atoms with E-state index in [0.717, 1.165) is 0 Å². The SMILES string of the molecule is CC(C)OP(=O)(COCCn1cnc2c(N)nc(F)nc21)OC(C)C. The molecule has 0 aromatic carbocycles. The smallest absolute Gasteiger partial charge is 0.356 e. The van der Waals surface area contributed by atoms with Gasteiger partial charge in [-0.05, 0) is 27.7 Å². The third kappa shape index (κ3) is 5.43. The maximum atomic E-state index is 13.3. The van der Waals surface area contributed by atoms with E-state index in [9.17, 15) is 8.96 Å². The lowest BCUT2D eigenvalue weighted by atomic mass is 10.5. The molecule has 11 heteroatoms. The van der Waals surface area contributed by atoms with Crippen molar-refractivity contribution in [2.45, 2.75) is 46.4 Å². The fourth-order valence-electron chi connectivity index (χ4n) is 2.17. The molecule has 2 aromatic rings. The molecule has 2 N–H and O–H groups in total. The van der Waals surface area contributed by atoms with Gasteiger partial charge in [0.15, 0.2) is 11.5 Å². The van der Waals surface area contributed by atoms with Crippen LogP contribution in [0.1, 0.15) is 27.7 Å². The van der Waals surface area contributed by atoms with Gasteiger partial charge in [0.2, 0.25) is 0 Å². The lowest BCUT2D eigenvalue weighted by Crippen LogP contribution is -2.13. The summed E-state index contributed by atoms with van der Waals surface area (Å²) in [7, 11) is -3.35. The minimum absolute atomic E-state index is 0.0256. The Morgan fingerprint density at radius 1 is 1.24 bits per heavy atom. The number of imidazole rings is 1. The largest absolute Gasteiger partial charge is 0.382 e. The van der Waals surface area contributed by atoms with Crippen LogP contribution in [0, 0.1) is 6.08 Å². The van der Waals surface area contributed by atoms with Crippen LogP contribution >= 0.6 is 7.60 Å². The Labute approximate surface area is 145 Å². The number of aromatic nitrogens is 4. The van der Waals surface area contributed by atoms with E-state index in [2.05, 4.69) is 15.0 Å². The van der Waals surface area contributed by atoms with Gasteiger partial charge in [0.05, 0.1) is 25.1 Å². The van der Waals surface area contributed by atoms with E-state index in [0.29, 0.717) is 12.1 Å². The van der Waals surface area contributed by atoms with Crippen molar-refractivity contribution in [3.63, 3.8) is 0 Å². The van der Waals surface area contributed by atoms with E-state index in [-0.39, 0.29) is 36.6 Å². The Hall–Kier alpha value is -1.61. The van der Waals surface area contributed by atoms with Gasteiger partial charge in [0, 0.05) is 6.54 Å². The fourth-order valence-corrected chi connectivity index (χ4v) is 3.98. The molecule has 9 nitrogen and oxygen atoms in total. The standard InChI is InChI=1S/C14H23FN5O4P/c1-9(2)23-25(21,24-10(3)4)8-22-6-5-20-7-17-11-12(16)18-14(15)19-13(11)20/h7,9-10H,5-6,8H2,1-4H3,(H2,16,18,19). The van der Waals surface area contributed by atoms with Crippen molar-refractivity contribution < 1.29 is 22.7 Å². The highest BCUT2D eigenvalue weighted by Gasteiger charge is 2.28. The van der Waals surface area contributed by atoms with E-state index in [1.54, 1.807) is 32.3 Å². The highest BCUT2D eigenvalue weighted by molar-refractivity contribution is 7.53. The van der Waals surface area contributed by atoms with Crippen LogP contribution in [-0.4, -0.2) is 44.7 Å². The quantitative estimate of drug-likeness (QED) is 0.404. The predicted molar refractivity (Wildman–Crippen MR) is 90.6 cm³/mol. The number of nitrogen functional groups attached to an aromatic ring is 1. The molecule has 0 saturated carbocycles. The van der Waals surface area contributed by atoms with E-state index in [1.807, 2.05) is 0 Å². The molecule has 0 radical (unpaired) electrons. The van der Waals surface area contributed by atoms with Crippen molar-refractivity contribution in [3.8, 4) is 0 Å². The Kier molecular flexibility index (Phi) is 6.45. The predicted octanol–water partition coefficient (Wildman–Crippen LogP) is 2.56. The number of rotatable bonds is 9. The fraction of sp³-hybridized carbons (Fsp3) is 0.643. The maximum Gasteiger partial charge on any atom is 0.356 e. The first-order chi connectivity index (χ1) is 11.7. The molecule has 0 spiro atoms. The Bertz CT molecular complexity index is 753. The topological polar surface area (TPSA) is 114 Å². The van der Waals surface area contributed by atoms with Crippen LogP contribution < -0.4 is 5.73 Å². The molecule has 2 aromatic heterocycles. The number of nitrogens with zero attached hydrogens (tertiary/aromatic N) is 4. The molecule has 0 aliphatic heterocycles. The lowest BCUT2D eigenvalue weighted by Gasteiger charge is -2.22. The van der Waals surface area contributed by atoms with Crippen molar-refractivity contribution in [1.29, 1.82) is 0 Å². The zero-order chi connectivity index (χ0) is 18.6. The Morgan fingerprint density at radius 2 is 1.88 bits per heavy atom. The molecule has 0 fully saturated rings. The summed E-state index contributed by atoms with van der Waals surface area (Å²) >= 11 is 0. The van der Waals surface area contributed by atoms with Crippen molar-refractivity contribution in [2.24, 2.45) is 0 Å². The van der Waals surface area contributed by atoms with Gasteiger partial charge in [-0.25, -0.2) is 4.98 Å². The van der Waals surface area contributed by atoms with Crippen LogP contribution in [0.3, 0.4) is 0 Å². The molecule has 0 aliphatic rings. The van der Waals surface area contributed by atoms with Crippen LogP contribution in [0.5, 0.6) is 0 Å². The number of ether oxygens (including phenoxy) is 1. The first-order valence-corrected chi connectivity index (χ1v) is 9.60. The van der Waals surface area contributed by atoms with Crippen LogP contribution in [0.15, 0.2) is 6.33 Å². The summed E-state index contributed by atoms with van der Waals surface area (Å²) in [4.78, 5) is 11.2. The molecule has 0 bridgehead atoms. The summed E-state index contributed by atoms with van der Waals surface area (Å²) in [6, 6.07) is 0. The van der Waals surface area contributed by atoms with Crippen molar-refractivity contribution >= 4 is 24.6 Å². The average molecular weight is 375 g/mol. The number of fused-ring (bicyclic) bond motifs is 1. The molecule has 25 heavy (non-hydrogen) atoms. The number of hydrogen-bond donors (Lipinski definition) is 1. The molecule has 0 unspecified atom stereocenters. The van der Waals surface area contributed by atoms with Gasteiger partial charge in [-0.2, -0.15) is 14.4 Å². The minimum atomic E-state index is -3.35. The highest BCUT2D eigenvalue weighted by Crippen LogP contribution is 2.50. The summed E-state index contributed by atoms with van der Waals surface area (Å²) in [5, 5.41) is 0. The van der Waals surface area contributed by atoms with Crippen LogP contribution in [0.25, 0.3) is 11.2 Å². The van der Waals surface area contributed by atoms with Crippen LogP contribution in [-0.2, 0) is 24.9 Å². The number of anilines is 1. The van der Waals surface area contributed by atoms with E-state index >= 15 is 0 Å². The minimum Gasteiger partial charge on any atom is -0.382 e. The average Bonchev–Trinajstić information content (AvgIpc) is 2.85. The lowest BCUT2D eigenvalue weighted by molar-refractivity contribution is 0.0961. The van der Waals surface area contributed by atoms with Gasteiger partial charge in [0.25, 0.3) is 0 Å². The molecule has 140 valence electrons. The van der Waals surface area contributed by atoms with Gasteiger partial charge in [-0.3, -0.25) is 4.57 Å². The number of halogens is 1. The first kappa shape index (κ1) is 19.7. The van der Waals surface area contributed by atoms with Crippen LogP contribution in [0.2, 0.25) is 0 Å². The second-order valence-corrected chi connectivity index (χ2v) is 7.85. The molecule has 2 heterocycles. The highest BCUT2D eigenvalue weighted by atomic mass is 31.2. The number of hydrogen-bond acceptors (Lipinski definition) is 8. The second-order valence-electron chi connectivity index (χ2n) is 5.94. The second kappa shape index (κ2) is 8.18. The molecule has 0 saturated heterocycles. The zero-order valence-electron chi connectivity index (χ0n) is 14.7. The van der Waals surface area contributed by atoms with Gasteiger partial charge in [0.1, 0.15) is 11.9 Å². The van der Waals surface area contributed by atoms with Crippen molar-refractivity contribution in [2.75, 3.05) is 18.7 Å². The third-order valence-electron chi connectivity index (χ3n) is 2.93. The molecular formula is C14H23FN5O4P. The van der Waals surface area contributed by atoms with Gasteiger partial charge < -0.3 is 24.1 Å². The Morgan fingerprint density at radius 3 is 2.48 bits per heavy atom. The normalized spacial score (nSPS) is 12.6. The van der Waals surface area contributed by atoms with Gasteiger partial charge >= 0.3 is 13.7 Å². The van der Waals surface area contributed by atoms with Crippen molar-refractivity contribution in [1.82, 2.24) is 19.5 Å². The van der Waals surface area contributed by atoms with E-state index < -0.39 is 13.7 Å². The molecular weight excluding hydrogens is 352 g/mol. The molecule has 0 aliphatic carbocycles. The van der Waals surface area contributed by atoms with Crippen LogP contribution in [0.4, 0.5) is 10.2 Å². The Balaban J connectivity index is 1.97. The van der Waals surface area contributed by atoms with Gasteiger partial charge in [-0.15, -0.1) is 0 Å². The zero-order valence-corrected chi connectivity index (χ0v) is 15.6. The van der Waals surface area contributed by atoms with Gasteiger partial charge in [-0.1, -0.05) is 0 Å². The van der Waals surface area contributed by atoms with Crippen molar-refractivity contribution in [3.05, 3.63) is 12.4 Å². The molecule has 0 amide bonds. The third-order valence-corrected chi connectivity index (χ3v) is 4.92. The summed E-state index contributed by atoms with van der Waals surface area (Å²) in [6.07, 6.45) is -0.149.